The van der Waals surface area contributed by atoms with Gasteiger partial charge < -0.3 is 14.0 Å². The summed E-state index contributed by atoms with van der Waals surface area (Å²) < 4.78 is 13.2. The maximum absolute atomic E-state index is 12.5. The topological polar surface area (TPSA) is 65.4 Å². The van der Waals surface area contributed by atoms with Crippen molar-refractivity contribution in [1.82, 2.24) is 9.55 Å². The number of hydrogen-bond acceptors (Lipinski definition) is 4. The molecule has 1 aromatic carbocycles. The molecule has 6 heteroatoms. The highest BCUT2D eigenvalue weighted by atomic mass is 16.6. The second-order valence-electron chi connectivity index (χ2n) is 6.33. The molecule has 2 fully saturated rings. The number of carbonyl (C=O) groups is 1. The molecule has 0 unspecified atom stereocenters. The van der Waals surface area contributed by atoms with Gasteiger partial charge in [-0.2, -0.15) is 0 Å². The molecule has 2 aliphatic rings. The van der Waals surface area contributed by atoms with Crippen molar-refractivity contribution in [3.63, 3.8) is 0 Å². The first-order chi connectivity index (χ1) is 11.2. The minimum Gasteiger partial charge on any atom is -0.373 e. The van der Waals surface area contributed by atoms with Gasteiger partial charge in [-0.05, 0) is 37.8 Å². The minimum absolute atomic E-state index is 0.190. The van der Waals surface area contributed by atoms with E-state index in [-0.39, 0.29) is 12.0 Å². The summed E-state index contributed by atoms with van der Waals surface area (Å²) in [5, 5.41) is 2.94. The van der Waals surface area contributed by atoms with Crippen molar-refractivity contribution in [3.8, 4) is 0 Å². The average Bonchev–Trinajstić information content (AvgIpc) is 3.31. The van der Waals surface area contributed by atoms with E-state index in [4.69, 9.17) is 9.47 Å². The van der Waals surface area contributed by atoms with Crippen LogP contribution in [0.4, 0.5) is 5.95 Å². The molecule has 4 rings (SSSR count). The van der Waals surface area contributed by atoms with Crippen LogP contribution in [0.15, 0.2) is 24.3 Å². The van der Waals surface area contributed by atoms with Crippen molar-refractivity contribution in [1.29, 1.82) is 0 Å². The number of para-hydroxylation sites is 2. The average molecular weight is 315 g/mol. The number of nitrogens with one attached hydrogen (secondary N) is 1. The first kappa shape index (κ1) is 14.7. The van der Waals surface area contributed by atoms with Gasteiger partial charge in [0.2, 0.25) is 5.95 Å². The fourth-order valence-electron chi connectivity index (χ4n) is 3.02. The predicted molar refractivity (Wildman–Crippen MR) is 86.2 cm³/mol. The van der Waals surface area contributed by atoms with Crippen LogP contribution in [0, 0.1) is 5.92 Å². The Morgan fingerprint density at radius 3 is 2.87 bits per heavy atom. The molecule has 122 valence electrons. The van der Waals surface area contributed by atoms with Gasteiger partial charge in [-0.1, -0.05) is 12.1 Å². The summed E-state index contributed by atoms with van der Waals surface area (Å²) in [4.78, 5) is 17.1. The van der Waals surface area contributed by atoms with Crippen LogP contribution in [-0.2, 0) is 20.8 Å². The fourth-order valence-corrected chi connectivity index (χ4v) is 3.02. The van der Waals surface area contributed by atoms with E-state index in [1.165, 1.54) is 12.8 Å². The molecule has 0 bridgehead atoms. The second-order valence-corrected chi connectivity index (χ2v) is 6.33. The molecular formula is C17H21N3O3. The van der Waals surface area contributed by atoms with Gasteiger partial charge >= 0.3 is 0 Å². The number of rotatable bonds is 4. The first-order valence-corrected chi connectivity index (χ1v) is 8.21. The lowest BCUT2D eigenvalue weighted by molar-refractivity contribution is -0.157. The standard InChI is InChI=1S/C17H21N3O3/c1-11-15(23-9-8-22-11)16(21)19-17-18-13-4-2-3-5-14(13)20(17)10-12-6-7-12/h2-5,11-12,15H,6-10H2,1H3,(H,18,19,21)/t11-,15-/m0/s1. The zero-order chi connectivity index (χ0) is 15.8. The summed E-state index contributed by atoms with van der Waals surface area (Å²) in [6.07, 6.45) is 1.66. The van der Waals surface area contributed by atoms with E-state index in [9.17, 15) is 4.79 Å². The van der Waals surface area contributed by atoms with Crippen molar-refractivity contribution in [2.45, 2.75) is 38.5 Å². The third kappa shape index (κ3) is 2.96. The van der Waals surface area contributed by atoms with Gasteiger partial charge in [0.15, 0.2) is 6.10 Å². The summed E-state index contributed by atoms with van der Waals surface area (Å²) in [6, 6.07) is 7.97. The number of anilines is 1. The smallest absolute Gasteiger partial charge is 0.258 e. The number of imidazole rings is 1. The molecule has 2 atom stereocenters. The van der Waals surface area contributed by atoms with Crippen molar-refractivity contribution in [2.75, 3.05) is 18.5 Å². The SMILES string of the molecule is C[C@@H]1OCCO[C@@H]1C(=O)Nc1nc2ccccc2n1CC1CC1. The predicted octanol–water partition coefficient (Wildman–Crippen LogP) is 2.19. The normalized spacial score (nSPS) is 24.7. The molecule has 1 aliphatic carbocycles. The van der Waals surface area contributed by atoms with E-state index in [2.05, 4.69) is 14.9 Å². The van der Waals surface area contributed by atoms with E-state index < -0.39 is 6.10 Å². The third-order valence-electron chi connectivity index (χ3n) is 4.47. The Balaban J connectivity index is 1.61. The number of fused-ring (bicyclic) bond motifs is 1. The molecule has 2 heterocycles. The second kappa shape index (κ2) is 5.94. The highest BCUT2D eigenvalue weighted by Crippen LogP contribution is 2.33. The number of amides is 1. The number of aromatic nitrogens is 2. The lowest BCUT2D eigenvalue weighted by Crippen LogP contribution is -2.45. The van der Waals surface area contributed by atoms with Crippen molar-refractivity contribution in [3.05, 3.63) is 24.3 Å². The summed E-state index contributed by atoms with van der Waals surface area (Å²) in [6.45, 7) is 3.73. The monoisotopic (exact) mass is 315 g/mol. The van der Waals surface area contributed by atoms with Gasteiger partial charge in [-0.15, -0.1) is 0 Å². The van der Waals surface area contributed by atoms with Crippen LogP contribution < -0.4 is 5.32 Å². The Kier molecular flexibility index (Phi) is 3.79. The van der Waals surface area contributed by atoms with E-state index in [0.717, 1.165) is 17.6 Å². The summed E-state index contributed by atoms with van der Waals surface area (Å²) in [5.74, 6) is 1.10. The summed E-state index contributed by atoms with van der Waals surface area (Å²) in [5.41, 5.74) is 1.96. The van der Waals surface area contributed by atoms with Crippen molar-refractivity contribution < 1.29 is 14.3 Å². The Morgan fingerprint density at radius 1 is 1.30 bits per heavy atom. The zero-order valence-corrected chi connectivity index (χ0v) is 13.2. The van der Waals surface area contributed by atoms with E-state index in [1.807, 2.05) is 31.2 Å². The number of hydrogen-bond donors (Lipinski definition) is 1. The molecular weight excluding hydrogens is 294 g/mol. The molecule has 6 nitrogen and oxygen atoms in total. The van der Waals surface area contributed by atoms with Crippen molar-refractivity contribution >= 4 is 22.9 Å². The van der Waals surface area contributed by atoms with E-state index >= 15 is 0 Å². The molecule has 1 N–H and O–H groups in total. The Hall–Kier alpha value is -1.92. The van der Waals surface area contributed by atoms with Crippen LogP contribution in [0.5, 0.6) is 0 Å². The van der Waals surface area contributed by atoms with Crippen LogP contribution in [-0.4, -0.2) is 40.9 Å². The summed E-state index contributed by atoms with van der Waals surface area (Å²) in [7, 11) is 0. The lowest BCUT2D eigenvalue weighted by atomic mass is 10.2. The Morgan fingerprint density at radius 2 is 2.09 bits per heavy atom. The molecule has 0 radical (unpaired) electrons. The number of nitrogens with zero attached hydrogens (tertiary/aromatic N) is 2. The molecule has 1 saturated heterocycles. The quantitative estimate of drug-likeness (QED) is 0.939. The molecule has 1 saturated carbocycles. The number of carbonyl (C=O) groups excluding carboxylic acids is 1. The first-order valence-electron chi connectivity index (χ1n) is 8.21. The summed E-state index contributed by atoms with van der Waals surface area (Å²) >= 11 is 0. The number of benzene rings is 1. The molecule has 23 heavy (non-hydrogen) atoms. The molecule has 2 aromatic rings. The maximum Gasteiger partial charge on any atom is 0.258 e. The van der Waals surface area contributed by atoms with Gasteiger partial charge in [0.1, 0.15) is 0 Å². The lowest BCUT2D eigenvalue weighted by Gasteiger charge is -2.28. The molecule has 1 amide bonds. The molecule has 0 spiro atoms. The molecule has 1 aliphatic heterocycles. The fraction of sp³-hybridized carbons (Fsp3) is 0.529. The van der Waals surface area contributed by atoms with Gasteiger partial charge in [0, 0.05) is 6.54 Å². The highest BCUT2D eigenvalue weighted by Gasteiger charge is 2.31. The van der Waals surface area contributed by atoms with E-state index in [1.54, 1.807) is 0 Å². The van der Waals surface area contributed by atoms with Gasteiger partial charge in [0.25, 0.3) is 5.91 Å². The van der Waals surface area contributed by atoms with Crippen molar-refractivity contribution in [2.24, 2.45) is 5.92 Å². The van der Waals surface area contributed by atoms with Crippen LogP contribution in [0.3, 0.4) is 0 Å². The van der Waals surface area contributed by atoms with Crippen LogP contribution >= 0.6 is 0 Å². The molecule has 1 aromatic heterocycles. The van der Waals surface area contributed by atoms with Crippen LogP contribution in [0.2, 0.25) is 0 Å². The van der Waals surface area contributed by atoms with Gasteiger partial charge in [-0.25, -0.2) is 4.98 Å². The maximum atomic E-state index is 12.5. The third-order valence-corrected chi connectivity index (χ3v) is 4.47. The Bertz CT molecular complexity index is 723. The minimum atomic E-state index is -0.585. The number of ether oxygens (including phenoxy) is 2. The zero-order valence-electron chi connectivity index (χ0n) is 13.2. The highest BCUT2D eigenvalue weighted by molar-refractivity contribution is 5.95. The van der Waals surface area contributed by atoms with Crippen LogP contribution in [0.1, 0.15) is 19.8 Å². The Labute approximate surface area is 134 Å². The van der Waals surface area contributed by atoms with Gasteiger partial charge in [0.05, 0.1) is 30.4 Å². The van der Waals surface area contributed by atoms with Crippen LogP contribution in [0.25, 0.3) is 11.0 Å². The largest absolute Gasteiger partial charge is 0.373 e. The van der Waals surface area contributed by atoms with Gasteiger partial charge in [-0.3, -0.25) is 10.1 Å². The van der Waals surface area contributed by atoms with E-state index in [0.29, 0.717) is 25.1 Å².